The van der Waals surface area contributed by atoms with Gasteiger partial charge < -0.3 is 5.32 Å². The van der Waals surface area contributed by atoms with Crippen LogP contribution in [0.5, 0.6) is 0 Å². The van der Waals surface area contributed by atoms with E-state index in [0.717, 1.165) is 12.5 Å². The van der Waals surface area contributed by atoms with Crippen molar-refractivity contribution in [3.05, 3.63) is 0 Å². The smallest absolute Gasteiger partial charge is 0.0110 e. The molecule has 0 aromatic rings. The van der Waals surface area contributed by atoms with Gasteiger partial charge in [0.2, 0.25) is 0 Å². The topological polar surface area (TPSA) is 15.3 Å². The Balaban J connectivity index is 2.48. The Labute approximate surface area is 76.3 Å². The first kappa shape index (κ1) is 10.0. The Morgan fingerprint density at radius 3 is 2.58 bits per heavy atom. The first-order valence-electron chi connectivity index (χ1n) is 5.08. The van der Waals surface area contributed by atoms with Crippen molar-refractivity contribution in [3.63, 3.8) is 0 Å². The Kier molecular flexibility index (Phi) is 3.53. The zero-order valence-corrected chi connectivity index (χ0v) is 8.80. The normalized spacial score (nSPS) is 33.8. The van der Waals surface area contributed by atoms with Gasteiger partial charge >= 0.3 is 0 Å². The van der Waals surface area contributed by atoms with Crippen LogP contribution < -0.4 is 5.32 Å². The van der Waals surface area contributed by atoms with Crippen LogP contribution in [0.3, 0.4) is 0 Å². The van der Waals surface area contributed by atoms with Crippen LogP contribution >= 0.6 is 0 Å². The van der Waals surface area contributed by atoms with Crippen molar-refractivity contribution in [2.24, 2.45) is 5.92 Å². The number of nitrogens with zero attached hydrogens (tertiary/aromatic N) is 1. The highest BCUT2D eigenvalue weighted by molar-refractivity contribution is 4.78. The summed E-state index contributed by atoms with van der Waals surface area (Å²) in [6.45, 7) is 12.8. The summed E-state index contributed by atoms with van der Waals surface area (Å²) < 4.78 is 0. The van der Waals surface area contributed by atoms with E-state index < -0.39 is 0 Å². The summed E-state index contributed by atoms with van der Waals surface area (Å²) in [5.74, 6) is 0.773. The van der Waals surface area contributed by atoms with Gasteiger partial charge in [-0.15, -0.1) is 0 Å². The molecule has 2 unspecified atom stereocenters. The Morgan fingerprint density at radius 1 is 1.33 bits per heavy atom. The second kappa shape index (κ2) is 4.24. The Morgan fingerprint density at radius 2 is 2.00 bits per heavy atom. The minimum Gasteiger partial charge on any atom is -0.313 e. The first-order valence-corrected chi connectivity index (χ1v) is 5.08. The molecule has 1 fully saturated rings. The minimum absolute atomic E-state index is 0.675. The van der Waals surface area contributed by atoms with Gasteiger partial charge in [0.1, 0.15) is 0 Å². The van der Waals surface area contributed by atoms with E-state index in [0.29, 0.717) is 12.1 Å². The average Bonchev–Trinajstić information content (AvgIpc) is 2.15. The SMILES string of the molecule is CC1CN(C(C)C)CCNC1C. The summed E-state index contributed by atoms with van der Waals surface area (Å²) in [5, 5.41) is 3.54. The van der Waals surface area contributed by atoms with Gasteiger partial charge in [-0.05, 0) is 26.7 Å². The van der Waals surface area contributed by atoms with Crippen molar-refractivity contribution in [3.8, 4) is 0 Å². The highest BCUT2D eigenvalue weighted by Crippen LogP contribution is 2.11. The third-order valence-corrected chi connectivity index (χ3v) is 2.97. The van der Waals surface area contributed by atoms with Crippen molar-refractivity contribution < 1.29 is 0 Å². The third-order valence-electron chi connectivity index (χ3n) is 2.97. The fourth-order valence-electron chi connectivity index (χ4n) is 1.73. The molecule has 72 valence electrons. The van der Waals surface area contributed by atoms with Gasteiger partial charge in [0.15, 0.2) is 0 Å². The summed E-state index contributed by atoms with van der Waals surface area (Å²) in [6.07, 6.45) is 0. The highest BCUT2D eigenvalue weighted by Gasteiger charge is 2.20. The summed E-state index contributed by atoms with van der Waals surface area (Å²) in [7, 11) is 0. The molecule has 0 spiro atoms. The van der Waals surface area contributed by atoms with E-state index in [9.17, 15) is 0 Å². The Hall–Kier alpha value is -0.0800. The molecule has 1 heterocycles. The van der Waals surface area contributed by atoms with Crippen LogP contribution in [0.1, 0.15) is 27.7 Å². The molecule has 1 N–H and O–H groups in total. The number of hydrogen-bond donors (Lipinski definition) is 1. The monoisotopic (exact) mass is 170 g/mol. The second-order valence-corrected chi connectivity index (χ2v) is 4.31. The van der Waals surface area contributed by atoms with Crippen molar-refractivity contribution >= 4 is 0 Å². The number of rotatable bonds is 1. The molecule has 1 rings (SSSR count). The van der Waals surface area contributed by atoms with E-state index in [1.165, 1.54) is 13.1 Å². The van der Waals surface area contributed by atoms with Crippen LogP contribution in [0, 0.1) is 5.92 Å². The highest BCUT2D eigenvalue weighted by atomic mass is 15.2. The lowest BCUT2D eigenvalue weighted by Crippen LogP contribution is -2.35. The van der Waals surface area contributed by atoms with E-state index in [2.05, 4.69) is 37.9 Å². The number of nitrogens with one attached hydrogen (secondary N) is 1. The van der Waals surface area contributed by atoms with E-state index in [1.54, 1.807) is 0 Å². The molecular formula is C10H22N2. The molecule has 1 aliphatic rings. The van der Waals surface area contributed by atoms with Gasteiger partial charge in [-0.1, -0.05) is 6.92 Å². The lowest BCUT2D eigenvalue weighted by Gasteiger charge is -2.26. The minimum atomic E-state index is 0.675. The first-order chi connectivity index (χ1) is 5.61. The van der Waals surface area contributed by atoms with Gasteiger partial charge in [-0.25, -0.2) is 0 Å². The summed E-state index contributed by atoms with van der Waals surface area (Å²) in [4.78, 5) is 2.56. The van der Waals surface area contributed by atoms with Crippen molar-refractivity contribution in [1.82, 2.24) is 10.2 Å². The average molecular weight is 170 g/mol. The third kappa shape index (κ3) is 2.46. The fraction of sp³-hybridized carbons (Fsp3) is 1.00. The van der Waals surface area contributed by atoms with Gasteiger partial charge in [0.05, 0.1) is 0 Å². The van der Waals surface area contributed by atoms with Crippen LogP contribution in [0.25, 0.3) is 0 Å². The molecule has 1 aliphatic heterocycles. The molecule has 0 bridgehead atoms. The van der Waals surface area contributed by atoms with Gasteiger partial charge in [-0.3, -0.25) is 4.90 Å². The molecule has 0 aromatic heterocycles. The Bertz CT molecular complexity index is 134. The van der Waals surface area contributed by atoms with Crippen molar-refractivity contribution in [1.29, 1.82) is 0 Å². The largest absolute Gasteiger partial charge is 0.313 e. The molecule has 0 radical (unpaired) electrons. The summed E-state index contributed by atoms with van der Waals surface area (Å²) in [5.41, 5.74) is 0. The molecular weight excluding hydrogens is 148 g/mol. The van der Waals surface area contributed by atoms with Gasteiger partial charge in [-0.2, -0.15) is 0 Å². The quantitative estimate of drug-likeness (QED) is 0.638. The van der Waals surface area contributed by atoms with Crippen LogP contribution in [0.4, 0.5) is 0 Å². The predicted molar refractivity (Wildman–Crippen MR) is 53.3 cm³/mol. The zero-order valence-electron chi connectivity index (χ0n) is 8.80. The molecule has 2 atom stereocenters. The standard InChI is InChI=1S/C10H22N2/c1-8(2)12-6-5-11-10(4)9(3)7-12/h8-11H,5-7H2,1-4H3. The van der Waals surface area contributed by atoms with Crippen molar-refractivity contribution in [2.75, 3.05) is 19.6 Å². The van der Waals surface area contributed by atoms with Crippen molar-refractivity contribution in [2.45, 2.75) is 39.8 Å². The van der Waals surface area contributed by atoms with E-state index in [1.807, 2.05) is 0 Å². The molecule has 12 heavy (non-hydrogen) atoms. The molecule has 2 heteroatoms. The van der Waals surface area contributed by atoms with Crippen LogP contribution in [0.15, 0.2) is 0 Å². The molecule has 0 aromatic carbocycles. The molecule has 0 amide bonds. The predicted octanol–water partition coefficient (Wildman–Crippen LogP) is 1.32. The number of hydrogen-bond acceptors (Lipinski definition) is 2. The molecule has 0 aliphatic carbocycles. The summed E-state index contributed by atoms with van der Waals surface area (Å²) >= 11 is 0. The zero-order chi connectivity index (χ0) is 9.14. The molecule has 2 nitrogen and oxygen atoms in total. The van der Waals surface area contributed by atoms with E-state index in [-0.39, 0.29) is 0 Å². The van der Waals surface area contributed by atoms with E-state index >= 15 is 0 Å². The van der Waals surface area contributed by atoms with Gasteiger partial charge in [0.25, 0.3) is 0 Å². The van der Waals surface area contributed by atoms with Gasteiger partial charge in [0, 0.05) is 31.7 Å². The fourth-order valence-corrected chi connectivity index (χ4v) is 1.73. The maximum atomic E-state index is 3.54. The van der Waals surface area contributed by atoms with Crippen LogP contribution in [0.2, 0.25) is 0 Å². The molecule has 0 saturated carbocycles. The lowest BCUT2D eigenvalue weighted by molar-refractivity contribution is 0.209. The van der Waals surface area contributed by atoms with Crippen LogP contribution in [-0.2, 0) is 0 Å². The van der Waals surface area contributed by atoms with E-state index in [4.69, 9.17) is 0 Å². The molecule has 1 saturated heterocycles. The van der Waals surface area contributed by atoms with Crippen LogP contribution in [-0.4, -0.2) is 36.6 Å². The summed E-state index contributed by atoms with van der Waals surface area (Å²) in [6, 6.07) is 1.37. The maximum absolute atomic E-state index is 3.54. The second-order valence-electron chi connectivity index (χ2n) is 4.31. The maximum Gasteiger partial charge on any atom is 0.0110 e. The lowest BCUT2D eigenvalue weighted by atomic mass is 10.0.